The lowest BCUT2D eigenvalue weighted by Crippen LogP contribution is -2.19. The van der Waals surface area contributed by atoms with Crippen LogP contribution >= 0.6 is 11.3 Å². The van der Waals surface area contributed by atoms with Gasteiger partial charge in [-0.1, -0.05) is 49.4 Å². The highest BCUT2D eigenvalue weighted by Gasteiger charge is 2.10. The normalized spacial score (nSPS) is 11.0. The van der Waals surface area contributed by atoms with Crippen LogP contribution < -0.4 is 5.32 Å². The number of methoxy groups -OCH3 is 1. The molecule has 1 heterocycles. The average molecular weight is 335 g/mol. The van der Waals surface area contributed by atoms with Crippen LogP contribution in [0.5, 0.6) is 0 Å². The maximum atomic E-state index is 11.7. The quantitative estimate of drug-likeness (QED) is 0.751. The number of nitrogens with zero attached hydrogens (tertiary/aromatic N) is 2. The minimum atomic E-state index is -0.251. The Morgan fingerprint density at radius 2 is 1.96 bits per heavy atom. The molecule has 124 valence electrons. The highest BCUT2D eigenvalue weighted by molar-refractivity contribution is 7.18. The van der Waals surface area contributed by atoms with Gasteiger partial charge in [-0.3, -0.25) is 10.1 Å². The number of carbonyl (C=O) groups is 1. The van der Waals surface area contributed by atoms with E-state index in [1.54, 1.807) is 7.11 Å². The van der Waals surface area contributed by atoms with Gasteiger partial charge in [0.1, 0.15) is 11.6 Å². The standard InChI is InChI=1S/C16H21N3O3S/c1-11(2)12-4-6-13(7-5-12)15-18-19-16(23-15)17-14(20)10-22-9-8-21-3/h4-7,11H,8-10H2,1-3H3,(H,17,19,20). The van der Waals surface area contributed by atoms with Gasteiger partial charge in [-0.15, -0.1) is 10.2 Å². The average Bonchev–Trinajstić information content (AvgIpc) is 3.00. The molecule has 7 heteroatoms. The van der Waals surface area contributed by atoms with Crippen LogP contribution in [0.25, 0.3) is 10.6 Å². The van der Waals surface area contributed by atoms with Gasteiger partial charge >= 0.3 is 0 Å². The first-order valence-corrected chi connectivity index (χ1v) is 8.22. The number of amides is 1. The van der Waals surface area contributed by atoms with E-state index >= 15 is 0 Å². The van der Waals surface area contributed by atoms with E-state index in [4.69, 9.17) is 9.47 Å². The van der Waals surface area contributed by atoms with Crippen LogP contribution in [0.15, 0.2) is 24.3 Å². The summed E-state index contributed by atoms with van der Waals surface area (Å²) in [6.45, 7) is 5.13. The SMILES string of the molecule is COCCOCC(=O)Nc1nnc(-c2ccc(C(C)C)cc2)s1. The van der Waals surface area contributed by atoms with Crippen LogP contribution in [0, 0.1) is 0 Å². The number of rotatable bonds is 8. The molecule has 1 N–H and O–H groups in total. The third kappa shape index (κ3) is 5.38. The fourth-order valence-electron chi connectivity index (χ4n) is 1.86. The minimum Gasteiger partial charge on any atom is -0.382 e. The molecule has 0 atom stereocenters. The summed E-state index contributed by atoms with van der Waals surface area (Å²) in [6, 6.07) is 8.22. The molecule has 1 amide bonds. The van der Waals surface area contributed by atoms with Crippen molar-refractivity contribution >= 4 is 22.4 Å². The molecule has 0 aliphatic carbocycles. The van der Waals surface area contributed by atoms with E-state index in [2.05, 4.69) is 41.5 Å². The second kappa shape index (κ2) is 8.71. The summed E-state index contributed by atoms with van der Waals surface area (Å²) in [5.41, 5.74) is 2.27. The Bertz CT molecular complexity index is 626. The van der Waals surface area contributed by atoms with E-state index in [9.17, 15) is 4.79 Å². The van der Waals surface area contributed by atoms with E-state index in [1.807, 2.05) is 12.1 Å². The summed E-state index contributed by atoms with van der Waals surface area (Å²) in [5.74, 6) is 0.241. The molecule has 0 spiro atoms. The summed E-state index contributed by atoms with van der Waals surface area (Å²) >= 11 is 1.34. The number of nitrogens with one attached hydrogen (secondary N) is 1. The van der Waals surface area contributed by atoms with Gasteiger partial charge in [-0.05, 0) is 11.5 Å². The molecule has 2 rings (SSSR count). The topological polar surface area (TPSA) is 73.3 Å². The summed E-state index contributed by atoms with van der Waals surface area (Å²) in [6.07, 6.45) is 0. The molecule has 0 fully saturated rings. The number of carbonyl (C=O) groups excluding carboxylic acids is 1. The van der Waals surface area contributed by atoms with Crippen LogP contribution in [0.4, 0.5) is 5.13 Å². The van der Waals surface area contributed by atoms with Gasteiger partial charge in [0.15, 0.2) is 0 Å². The zero-order chi connectivity index (χ0) is 16.7. The Morgan fingerprint density at radius 1 is 1.22 bits per heavy atom. The second-order valence-corrected chi connectivity index (χ2v) is 6.26. The fraction of sp³-hybridized carbons (Fsp3) is 0.438. The Labute approximate surface area is 139 Å². The second-order valence-electron chi connectivity index (χ2n) is 5.28. The van der Waals surface area contributed by atoms with E-state index in [0.717, 1.165) is 10.6 Å². The molecule has 23 heavy (non-hydrogen) atoms. The van der Waals surface area contributed by atoms with Gasteiger partial charge in [0.25, 0.3) is 5.91 Å². The Hall–Kier alpha value is -1.83. The molecule has 6 nitrogen and oxygen atoms in total. The van der Waals surface area contributed by atoms with Crippen LogP contribution in [0.1, 0.15) is 25.3 Å². The van der Waals surface area contributed by atoms with Crippen LogP contribution in [0.3, 0.4) is 0 Å². The number of aromatic nitrogens is 2. The Morgan fingerprint density at radius 3 is 2.61 bits per heavy atom. The van der Waals surface area contributed by atoms with Crippen LogP contribution in [0.2, 0.25) is 0 Å². The van der Waals surface area contributed by atoms with Gasteiger partial charge < -0.3 is 9.47 Å². The van der Waals surface area contributed by atoms with E-state index in [1.165, 1.54) is 16.9 Å². The summed E-state index contributed by atoms with van der Waals surface area (Å²) in [5, 5.41) is 12.0. The largest absolute Gasteiger partial charge is 0.382 e. The fourth-order valence-corrected chi connectivity index (χ4v) is 2.63. The Balaban J connectivity index is 1.91. The molecular formula is C16H21N3O3S. The van der Waals surface area contributed by atoms with Gasteiger partial charge in [-0.25, -0.2) is 0 Å². The van der Waals surface area contributed by atoms with Crippen molar-refractivity contribution in [2.24, 2.45) is 0 Å². The maximum absolute atomic E-state index is 11.7. The molecule has 0 saturated heterocycles. The molecule has 2 aromatic rings. The van der Waals surface area contributed by atoms with Gasteiger partial charge in [-0.2, -0.15) is 0 Å². The van der Waals surface area contributed by atoms with Crippen molar-refractivity contribution in [1.82, 2.24) is 10.2 Å². The van der Waals surface area contributed by atoms with Gasteiger partial charge in [0.05, 0.1) is 13.2 Å². The number of benzene rings is 1. The first-order chi connectivity index (χ1) is 11.1. The van der Waals surface area contributed by atoms with Crippen molar-refractivity contribution in [3.05, 3.63) is 29.8 Å². The van der Waals surface area contributed by atoms with E-state index in [-0.39, 0.29) is 12.5 Å². The smallest absolute Gasteiger partial charge is 0.252 e. The minimum absolute atomic E-state index is 0.0264. The highest BCUT2D eigenvalue weighted by Crippen LogP contribution is 2.27. The van der Waals surface area contributed by atoms with Crippen molar-refractivity contribution in [3.63, 3.8) is 0 Å². The summed E-state index contributed by atoms with van der Waals surface area (Å²) in [7, 11) is 1.58. The van der Waals surface area contributed by atoms with Crippen molar-refractivity contribution in [2.75, 3.05) is 32.2 Å². The lowest BCUT2D eigenvalue weighted by molar-refractivity contribution is -0.121. The number of ether oxygens (including phenoxy) is 2. The highest BCUT2D eigenvalue weighted by atomic mass is 32.1. The number of anilines is 1. The van der Waals surface area contributed by atoms with Gasteiger partial charge in [0.2, 0.25) is 5.13 Å². The summed E-state index contributed by atoms with van der Waals surface area (Å²) < 4.78 is 9.99. The monoisotopic (exact) mass is 335 g/mol. The number of hydrogen-bond donors (Lipinski definition) is 1. The maximum Gasteiger partial charge on any atom is 0.252 e. The molecule has 0 aliphatic heterocycles. The molecular weight excluding hydrogens is 314 g/mol. The molecule has 1 aromatic carbocycles. The van der Waals surface area contributed by atoms with E-state index < -0.39 is 0 Å². The van der Waals surface area contributed by atoms with E-state index in [0.29, 0.717) is 24.3 Å². The molecule has 0 bridgehead atoms. The predicted octanol–water partition coefficient (Wildman–Crippen LogP) is 2.93. The van der Waals surface area contributed by atoms with Crippen molar-refractivity contribution in [2.45, 2.75) is 19.8 Å². The lowest BCUT2D eigenvalue weighted by atomic mass is 10.0. The molecule has 0 saturated carbocycles. The summed E-state index contributed by atoms with van der Waals surface area (Å²) in [4.78, 5) is 11.7. The molecule has 0 radical (unpaired) electrons. The zero-order valence-corrected chi connectivity index (χ0v) is 14.4. The third-order valence-corrected chi connectivity index (χ3v) is 4.05. The first-order valence-electron chi connectivity index (χ1n) is 7.40. The molecule has 0 unspecified atom stereocenters. The van der Waals surface area contributed by atoms with Crippen LogP contribution in [-0.4, -0.2) is 43.0 Å². The first kappa shape index (κ1) is 17.5. The Kier molecular flexibility index (Phi) is 6.64. The van der Waals surface area contributed by atoms with Crippen molar-refractivity contribution < 1.29 is 14.3 Å². The lowest BCUT2D eigenvalue weighted by Gasteiger charge is -2.04. The zero-order valence-electron chi connectivity index (χ0n) is 13.5. The number of hydrogen-bond acceptors (Lipinski definition) is 6. The van der Waals surface area contributed by atoms with Crippen molar-refractivity contribution in [1.29, 1.82) is 0 Å². The van der Waals surface area contributed by atoms with Gasteiger partial charge in [0, 0.05) is 12.7 Å². The van der Waals surface area contributed by atoms with Crippen molar-refractivity contribution in [3.8, 4) is 10.6 Å². The third-order valence-electron chi connectivity index (χ3n) is 3.16. The molecule has 0 aliphatic rings. The molecule has 1 aromatic heterocycles. The predicted molar refractivity (Wildman–Crippen MR) is 90.8 cm³/mol. The van der Waals surface area contributed by atoms with Crippen LogP contribution in [-0.2, 0) is 14.3 Å².